The Morgan fingerprint density at radius 2 is 1.08 bits per heavy atom. The molecule has 124 valence electrons. The van der Waals surface area contributed by atoms with Gasteiger partial charge in [0.05, 0.1) is 0 Å². The summed E-state index contributed by atoms with van der Waals surface area (Å²) < 4.78 is 0. The molecule has 4 rings (SSSR count). The predicted octanol–water partition coefficient (Wildman–Crippen LogP) is 5.75. The van der Waals surface area contributed by atoms with Crippen LogP contribution >= 0.6 is 12.4 Å². The molecule has 0 aromatic heterocycles. The monoisotopic (exact) mass is 427 g/mol. The van der Waals surface area contributed by atoms with Crippen molar-refractivity contribution < 1.29 is 23.3 Å². The van der Waals surface area contributed by atoms with Gasteiger partial charge in [0.15, 0.2) is 0 Å². The van der Waals surface area contributed by atoms with E-state index in [1.54, 1.807) is 0 Å². The summed E-state index contributed by atoms with van der Waals surface area (Å²) in [5.74, 6) is 0.883. The van der Waals surface area contributed by atoms with Crippen LogP contribution in [0.25, 0.3) is 12.2 Å². The molecule has 0 bridgehead atoms. The van der Waals surface area contributed by atoms with E-state index < -0.39 is 0 Å². The third kappa shape index (κ3) is 4.69. The first-order valence-electron chi connectivity index (χ1n) is 7.06. The van der Waals surface area contributed by atoms with Gasteiger partial charge in [-0.15, -0.1) is 36.4 Å². The maximum absolute atomic E-state index is 3.06. The number of hydrogen-bond acceptors (Lipinski definition) is 0. The Labute approximate surface area is 170 Å². The maximum atomic E-state index is 3.06. The van der Waals surface area contributed by atoms with E-state index >= 15 is 0 Å². The molecule has 0 heterocycles. The van der Waals surface area contributed by atoms with Crippen LogP contribution in [0.1, 0.15) is 34.1 Å². The molecule has 0 spiro atoms. The molecule has 0 saturated carbocycles. The summed E-state index contributed by atoms with van der Waals surface area (Å²) in [5.41, 5.74) is 5.58. The number of fused-ring (bicyclic) bond motifs is 2. The van der Waals surface area contributed by atoms with Crippen LogP contribution in [-0.4, -0.2) is 6.88 Å². The minimum atomic E-state index is 0. The standard InChI is InChI=1S/C19H15.2CH3.ClH.Si.Zr/c1-3-7-18-14(5-1)9-11-16(18)13-17-12-10-15-6-2-4-8-19(15)17;;;;;/h1-13,16-17H;2*1H3;1H;;/q3*-1;;;. The quantitative estimate of drug-likeness (QED) is 0.421. The molecule has 2 aromatic carbocycles. The van der Waals surface area contributed by atoms with Crippen LogP contribution in [0, 0.1) is 21.3 Å². The van der Waals surface area contributed by atoms with Gasteiger partial charge in [-0.3, -0.25) is 0 Å². The zero-order chi connectivity index (χ0) is 14.7. The van der Waals surface area contributed by atoms with Crippen LogP contribution in [0.15, 0.2) is 60.7 Å². The molecule has 2 aliphatic carbocycles. The second-order valence-electron chi connectivity index (χ2n) is 5.22. The average molecular weight is 429 g/mol. The van der Waals surface area contributed by atoms with Gasteiger partial charge in [-0.05, 0) is 11.1 Å². The molecular weight excluding hydrogens is 407 g/mol. The van der Waals surface area contributed by atoms with Crippen LogP contribution in [0.3, 0.4) is 0 Å². The molecule has 0 N–H and O–H groups in total. The Morgan fingerprint density at radius 1 is 0.708 bits per heavy atom. The fourth-order valence-corrected chi connectivity index (χ4v) is 3.11. The van der Waals surface area contributed by atoms with E-state index in [2.05, 4.69) is 86.1 Å². The zero-order valence-electron chi connectivity index (χ0n) is 14.1. The first-order valence-corrected chi connectivity index (χ1v) is 11.2. The van der Waals surface area contributed by atoms with Crippen molar-refractivity contribution in [3.05, 3.63) is 104 Å². The number of halogens is 1. The van der Waals surface area contributed by atoms with E-state index in [1.165, 1.54) is 45.6 Å². The number of rotatable bonds is 2. The summed E-state index contributed by atoms with van der Waals surface area (Å²) >= 11 is 1.36. The van der Waals surface area contributed by atoms with Crippen molar-refractivity contribution in [1.82, 2.24) is 0 Å². The molecular formula is C21H22ClSiZr-3. The first-order chi connectivity index (χ1) is 10.4. The number of benzene rings is 2. The predicted molar refractivity (Wildman–Crippen MR) is 107 cm³/mol. The number of hydrogen-bond donors (Lipinski definition) is 0. The summed E-state index contributed by atoms with van der Waals surface area (Å²) in [6, 6.07) is 17.3. The number of allylic oxidation sites excluding steroid dienone is 2. The van der Waals surface area contributed by atoms with Crippen LogP contribution < -0.4 is 0 Å². The van der Waals surface area contributed by atoms with Crippen LogP contribution in [-0.2, 0) is 23.3 Å². The second kappa shape index (κ2) is 11.0. The third-order valence-corrected chi connectivity index (χ3v) is 4.09. The van der Waals surface area contributed by atoms with Crippen molar-refractivity contribution in [1.29, 1.82) is 0 Å². The van der Waals surface area contributed by atoms with E-state index in [-0.39, 0.29) is 27.3 Å². The van der Waals surface area contributed by atoms with Gasteiger partial charge in [-0.1, -0.05) is 71.8 Å². The van der Waals surface area contributed by atoms with Gasteiger partial charge in [0, 0.05) is 0 Å². The summed E-state index contributed by atoms with van der Waals surface area (Å²) in [6.07, 6.45) is 11.5. The molecule has 24 heavy (non-hydrogen) atoms. The molecule has 2 radical (unpaired) electrons. The molecule has 2 unspecified atom stereocenters. The van der Waals surface area contributed by atoms with Gasteiger partial charge in [-0.2, -0.15) is 0 Å². The Kier molecular flexibility index (Phi) is 10.7. The molecule has 0 fully saturated rings. The van der Waals surface area contributed by atoms with Crippen molar-refractivity contribution >= 4 is 31.4 Å². The molecule has 0 nitrogen and oxygen atoms in total. The van der Waals surface area contributed by atoms with Gasteiger partial charge >= 0.3 is 30.2 Å². The summed E-state index contributed by atoms with van der Waals surface area (Å²) in [7, 11) is 0. The fraction of sp³-hybridized carbons (Fsp3) is 0.0952. The van der Waals surface area contributed by atoms with Gasteiger partial charge in [0.2, 0.25) is 0 Å². The topological polar surface area (TPSA) is 0 Å². The average Bonchev–Trinajstić information content (AvgIpc) is 3.15. The van der Waals surface area contributed by atoms with Crippen molar-refractivity contribution in [2.45, 2.75) is 11.8 Å². The third-order valence-electron chi connectivity index (χ3n) is 4.09. The SMILES string of the molecule is C1=CC([CH-]C2C=Cc3ccccc32)c2ccccc21.Cl.[CH3-].[CH3-].[Si]=[Zr]. The van der Waals surface area contributed by atoms with E-state index in [0.29, 0.717) is 11.8 Å². The van der Waals surface area contributed by atoms with E-state index in [9.17, 15) is 0 Å². The Bertz CT molecular complexity index is 649. The van der Waals surface area contributed by atoms with Gasteiger partial charge in [0.25, 0.3) is 0 Å². The summed E-state index contributed by atoms with van der Waals surface area (Å²) in [5, 5.41) is 0. The Morgan fingerprint density at radius 3 is 1.50 bits per heavy atom. The molecule has 0 aliphatic heterocycles. The van der Waals surface area contributed by atoms with Crippen molar-refractivity contribution in [3.63, 3.8) is 0 Å². The van der Waals surface area contributed by atoms with Gasteiger partial charge in [0.1, 0.15) is 0 Å². The minimum absolute atomic E-state index is 0. The molecule has 2 atom stereocenters. The molecule has 0 amide bonds. The molecule has 3 heteroatoms. The van der Waals surface area contributed by atoms with E-state index in [1.807, 2.05) is 0 Å². The molecule has 2 aliphatic rings. The van der Waals surface area contributed by atoms with Crippen molar-refractivity contribution in [2.24, 2.45) is 0 Å². The summed E-state index contributed by atoms with van der Waals surface area (Å²) in [4.78, 5) is 0. The van der Waals surface area contributed by atoms with E-state index in [0.717, 1.165) is 0 Å². The first kappa shape index (κ1) is 23.3. The zero-order valence-corrected chi connectivity index (χ0v) is 18.3. The van der Waals surface area contributed by atoms with Gasteiger partial charge < -0.3 is 21.3 Å². The van der Waals surface area contributed by atoms with E-state index in [4.69, 9.17) is 0 Å². The summed E-state index contributed by atoms with van der Waals surface area (Å²) in [6.45, 7) is 3.06. The molecule has 2 aromatic rings. The fourth-order valence-electron chi connectivity index (χ4n) is 3.11. The molecule has 0 saturated heterocycles. The normalized spacial score (nSPS) is 18.0. The van der Waals surface area contributed by atoms with Crippen LogP contribution in [0.2, 0.25) is 0 Å². The second-order valence-corrected chi connectivity index (χ2v) is 5.22. The van der Waals surface area contributed by atoms with Crippen LogP contribution in [0.5, 0.6) is 0 Å². The van der Waals surface area contributed by atoms with Crippen molar-refractivity contribution in [3.8, 4) is 0 Å². The Balaban J connectivity index is 0.00000102. The van der Waals surface area contributed by atoms with Gasteiger partial charge in [-0.25, -0.2) is 0 Å². The van der Waals surface area contributed by atoms with Crippen LogP contribution in [0.4, 0.5) is 0 Å². The van der Waals surface area contributed by atoms with Crippen molar-refractivity contribution in [2.75, 3.05) is 0 Å². The Hall–Kier alpha value is -0.690.